The Balaban J connectivity index is 2.62. The second kappa shape index (κ2) is 5.53. The minimum absolute atomic E-state index is 0.0197. The summed E-state index contributed by atoms with van der Waals surface area (Å²) in [5, 5.41) is 8.93. The summed E-state index contributed by atoms with van der Waals surface area (Å²) in [5.41, 5.74) is 2.53. The Labute approximate surface area is 92.1 Å². The van der Waals surface area contributed by atoms with Crippen molar-refractivity contribution in [2.24, 2.45) is 0 Å². The zero-order valence-corrected chi connectivity index (χ0v) is 9.70. The SMILES string of the molecule is CCC(C#N)N(C)Cc1ccc(C)cc1. The Hall–Kier alpha value is -1.33. The van der Waals surface area contributed by atoms with E-state index in [1.54, 1.807) is 0 Å². The van der Waals surface area contributed by atoms with E-state index in [1.165, 1.54) is 11.1 Å². The summed E-state index contributed by atoms with van der Waals surface area (Å²) in [5.74, 6) is 0. The van der Waals surface area contributed by atoms with Crippen molar-refractivity contribution in [2.45, 2.75) is 32.9 Å². The fourth-order valence-corrected chi connectivity index (χ4v) is 1.59. The summed E-state index contributed by atoms with van der Waals surface area (Å²) >= 11 is 0. The summed E-state index contributed by atoms with van der Waals surface area (Å²) in [6.07, 6.45) is 0.874. The maximum atomic E-state index is 8.93. The second-order valence-electron chi connectivity index (χ2n) is 3.95. The Morgan fingerprint density at radius 3 is 2.40 bits per heavy atom. The van der Waals surface area contributed by atoms with E-state index >= 15 is 0 Å². The van der Waals surface area contributed by atoms with Gasteiger partial charge in [0.1, 0.15) is 0 Å². The van der Waals surface area contributed by atoms with Crippen LogP contribution in [-0.4, -0.2) is 18.0 Å². The van der Waals surface area contributed by atoms with Gasteiger partial charge in [-0.05, 0) is 26.0 Å². The lowest BCUT2D eigenvalue weighted by Crippen LogP contribution is -2.29. The molecule has 0 radical (unpaired) electrons. The summed E-state index contributed by atoms with van der Waals surface area (Å²) in [4.78, 5) is 2.09. The molecule has 1 atom stereocenters. The molecule has 2 nitrogen and oxygen atoms in total. The van der Waals surface area contributed by atoms with E-state index in [9.17, 15) is 0 Å². The van der Waals surface area contributed by atoms with Crippen LogP contribution in [0.15, 0.2) is 24.3 Å². The van der Waals surface area contributed by atoms with Gasteiger partial charge in [0.2, 0.25) is 0 Å². The van der Waals surface area contributed by atoms with Crippen LogP contribution in [0.5, 0.6) is 0 Å². The monoisotopic (exact) mass is 202 g/mol. The summed E-state index contributed by atoms with van der Waals surface area (Å²) in [6.45, 7) is 4.96. The van der Waals surface area contributed by atoms with Gasteiger partial charge in [-0.1, -0.05) is 36.8 Å². The highest BCUT2D eigenvalue weighted by Gasteiger charge is 2.11. The van der Waals surface area contributed by atoms with Crippen LogP contribution in [0.3, 0.4) is 0 Å². The molecular formula is C13H18N2. The highest BCUT2D eigenvalue weighted by Crippen LogP contribution is 2.09. The standard InChI is InChI=1S/C13H18N2/c1-4-13(9-14)15(3)10-12-7-5-11(2)6-8-12/h5-8,13H,4,10H2,1-3H3. The lowest BCUT2D eigenvalue weighted by Gasteiger charge is -2.21. The maximum Gasteiger partial charge on any atom is 0.0975 e. The van der Waals surface area contributed by atoms with Crippen LogP contribution in [0.1, 0.15) is 24.5 Å². The van der Waals surface area contributed by atoms with Gasteiger partial charge >= 0.3 is 0 Å². The summed E-state index contributed by atoms with van der Waals surface area (Å²) in [6, 6.07) is 10.8. The first-order valence-electron chi connectivity index (χ1n) is 5.32. The highest BCUT2D eigenvalue weighted by atomic mass is 15.1. The molecule has 1 aromatic carbocycles. The van der Waals surface area contributed by atoms with Gasteiger partial charge in [0.15, 0.2) is 0 Å². The number of rotatable bonds is 4. The van der Waals surface area contributed by atoms with Crippen molar-refractivity contribution < 1.29 is 0 Å². The largest absolute Gasteiger partial charge is 0.287 e. The Morgan fingerprint density at radius 2 is 1.93 bits per heavy atom. The highest BCUT2D eigenvalue weighted by molar-refractivity contribution is 5.21. The van der Waals surface area contributed by atoms with Crippen molar-refractivity contribution in [3.05, 3.63) is 35.4 Å². The Morgan fingerprint density at radius 1 is 1.33 bits per heavy atom. The third-order valence-electron chi connectivity index (χ3n) is 2.62. The first kappa shape index (κ1) is 11.7. The summed E-state index contributed by atoms with van der Waals surface area (Å²) in [7, 11) is 2.00. The van der Waals surface area contributed by atoms with E-state index in [0.29, 0.717) is 0 Å². The molecule has 0 amide bonds. The van der Waals surface area contributed by atoms with Gasteiger partial charge in [0.25, 0.3) is 0 Å². The molecule has 0 aliphatic heterocycles. The van der Waals surface area contributed by atoms with Crippen LogP contribution in [-0.2, 0) is 6.54 Å². The molecular weight excluding hydrogens is 184 g/mol. The summed E-state index contributed by atoms with van der Waals surface area (Å²) < 4.78 is 0. The number of aryl methyl sites for hydroxylation is 1. The van der Waals surface area contributed by atoms with Crippen molar-refractivity contribution in [1.82, 2.24) is 4.90 Å². The molecule has 0 bridgehead atoms. The van der Waals surface area contributed by atoms with Crippen LogP contribution in [0.4, 0.5) is 0 Å². The van der Waals surface area contributed by atoms with E-state index in [2.05, 4.69) is 42.2 Å². The smallest absolute Gasteiger partial charge is 0.0975 e. The minimum atomic E-state index is 0.0197. The van der Waals surface area contributed by atoms with E-state index in [0.717, 1.165) is 13.0 Å². The molecule has 1 aromatic rings. The maximum absolute atomic E-state index is 8.93. The number of benzene rings is 1. The van der Waals surface area contributed by atoms with Crippen molar-refractivity contribution in [1.29, 1.82) is 5.26 Å². The van der Waals surface area contributed by atoms with Gasteiger partial charge in [0, 0.05) is 6.54 Å². The average Bonchev–Trinajstić information content (AvgIpc) is 2.23. The van der Waals surface area contributed by atoms with Gasteiger partial charge in [0.05, 0.1) is 12.1 Å². The molecule has 0 aromatic heterocycles. The molecule has 0 aliphatic rings. The van der Waals surface area contributed by atoms with Gasteiger partial charge < -0.3 is 0 Å². The second-order valence-corrected chi connectivity index (χ2v) is 3.95. The molecule has 15 heavy (non-hydrogen) atoms. The minimum Gasteiger partial charge on any atom is -0.287 e. The van der Waals surface area contributed by atoms with Crippen LogP contribution >= 0.6 is 0 Å². The molecule has 0 saturated carbocycles. The zero-order valence-electron chi connectivity index (χ0n) is 9.70. The van der Waals surface area contributed by atoms with E-state index < -0.39 is 0 Å². The van der Waals surface area contributed by atoms with Crippen molar-refractivity contribution in [2.75, 3.05) is 7.05 Å². The normalized spacial score (nSPS) is 12.5. The van der Waals surface area contributed by atoms with Gasteiger partial charge in [-0.2, -0.15) is 5.26 Å². The molecule has 0 saturated heterocycles. The van der Waals surface area contributed by atoms with Crippen LogP contribution < -0.4 is 0 Å². The molecule has 0 N–H and O–H groups in total. The van der Waals surface area contributed by atoms with Crippen molar-refractivity contribution in [3.8, 4) is 6.07 Å². The quantitative estimate of drug-likeness (QED) is 0.750. The lowest BCUT2D eigenvalue weighted by molar-refractivity contribution is 0.273. The molecule has 0 fully saturated rings. The first-order valence-corrected chi connectivity index (χ1v) is 5.32. The third-order valence-corrected chi connectivity index (χ3v) is 2.62. The number of nitriles is 1. The molecule has 80 valence electrons. The molecule has 0 heterocycles. The lowest BCUT2D eigenvalue weighted by atomic mass is 10.1. The van der Waals surface area contributed by atoms with Crippen LogP contribution in [0.2, 0.25) is 0 Å². The molecule has 0 aliphatic carbocycles. The van der Waals surface area contributed by atoms with Crippen molar-refractivity contribution in [3.63, 3.8) is 0 Å². The third kappa shape index (κ3) is 3.38. The van der Waals surface area contributed by atoms with Gasteiger partial charge in [-0.3, -0.25) is 4.90 Å². The molecule has 1 unspecified atom stereocenters. The number of hydrogen-bond donors (Lipinski definition) is 0. The Kier molecular flexibility index (Phi) is 4.33. The predicted molar refractivity (Wildman–Crippen MR) is 62.3 cm³/mol. The number of hydrogen-bond acceptors (Lipinski definition) is 2. The van der Waals surface area contributed by atoms with Crippen molar-refractivity contribution >= 4 is 0 Å². The zero-order chi connectivity index (χ0) is 11.3. The molecule has 2 heteroatoms. The fourth-order valence-electron chi connectivity index (χ4n) is 1.59. The first-order chi connectivity index (χ1) is 7.17. The number of nitrogens with zero attached hydrogens (tertiary/aromatic N) is 2. The van der Waals surface area contributed by atoms with E-state index in [1.807, 2.05) is 14.0 Å². The average molecular weight is 202 g/mol. The van der Waals surface area contributed by atoms with Crippen LogP contribution in [0, 0.1) is 18.3 Å². The Bertz CT molecular complexity index is 335. The predicted octanol–water partition coefficient (Wildman–Crippen LogP) is 2.73. The van der Waals surface area contributed by atoms with Gasteiger partial charge in [-0.25, -0.2) is 0 Å². The van der Waals surface area contributed by atoms with Crippen LogP contribution in [0.25, 0.3) is 0 Å². The van der Waals surface area contributed by atoms with Gasteiger partial charge in [-0.15, -0.1) is 0 Å². The topological polar surface area (TPSA) is 27.0 Å². The van der Waals surface area contributed by atoms with E-state index in [-0.39, 0.29) is 6.04 Å². The van der Waals surface area contributed by atoms with E-state index in [4.69, 9.17) is 5.26 Å². The fraction of sp³-hybridized carbons (Fsp3) is 0.462. The molecule has 1 rings (SSSR count). The molecule has 0 spiro atoms.